The number of guanidine groups is 1. The highest BCUT2D eigenvalue weighted by Gasteiger charge is 2.26. The highest BCUT2D eigenvalue weighted by Crippen LogP contribution is 2.26. The number of fused-ring (bicyclic) bond motifs is 1. The van der Waals surface area contributed by atoms with Gasteiger partial charge in [0.15, 0.2) is 5.96 Å². The van der Waals surface area contributed by atoms with Crippen LogP contribution in [0, 0.1) is 0 Å². The molecule has 0 aliphatic carbocycles. The molecule has 1 saturated heterocycles. The fraction of sp³-hybridized carbons (Fsp3) is 0.333. The van der Waals surface area contributed by atoms with Crippen molar-refractivity contribution in [2.45, 2.75) is 18.9 Å². The van der Waals surface area contributed by atoms with E-state index in [9.17, 15) is 0 Å². The van der Waals surface area contributed by atoms with Gasteiger partial charge >= 0.3 is 0 Å². The Hall–Kier alpha value is -2.09. The van der Waals surface area contributed by atoms with Gasteiger partial charge in [0.05, 0.1) is 6.20 Å². The summed E-state index contributed by atoms with van der Waals surface area (Å²) in [7, 11) is 3.84. The Kier molecular flexibility index (Phi) is 6.36. The summed E-state index contributed by atoms with van der Waals surface area (Å²) in [6, 6.07) is 15.0. The van der Waals surface area contributed by atoms with Gasteiger partial charge in [-0.15, -0.1) is 24.0 Å². The van der Waals surface area contributed by atoms with Gasteiger partial charge in [-0.3, -0.25) is 9.67 Å². The molecule has 1 aromatic heterocycles. The smallest absolute Gasteiger partial charge is 0.193 e. The normalized spacial score (nSPS) is 17.2. The Balaban J connectivity index is 0.00000210. The minimum atomic E-state index is 0. The van der Waals surface area contributed by atoms with Crippen LogP contribution in [0.4, 0.5) is 0 Å². The number of halogens is 1. The van der Waals surface area contributed by atoms with E-state index in [1.165, 1.54) is 21.9 Å². The molecule has 0 saturated carbocycles. The third kappa shape index (κ3) is 4.26. The van der Waals surface area contributed by atoms with Crippen molar-refractivity contribution in [1.82, 2.24) is 20.0 Å². The van der Waals surface area contributed by atoms with Crippen molar-refractivity contribution in [2.24, 2.45) is 12.0 Å². The summed E-state index contributed by atoms with van der Waals surface area (Å²) in [6.07, 6.45) is 5.25. The van der Waals surface area contributed by atoms with Crippen LogP contribution in [0.5, 0.6) is 0 Å². The van der Waals surface area contributed by atoms with Gasteiger partial charge in [0, 0.05) is 45.8 Å². The fourth-order valence-corrected chi connectivity index (χ4v) is 3.83. The summed E-state index contributed by atoms with van der Waals surface area (Å²) >= 11 is 0. The fourth-order valence-electron chi connectivity index (χ4n) is 3.83. The first-order chi connectivity index (χ1) is 12.7. The second kappa shape index (κ2) is 8.73. The lowest BCUT2D eigenvalue weighted by molar-refractivity contribution is 0.486. The zero-order valence-corrected chi connectivity index (χ0v) is 18.1. The molecule has 1 N–H and O–H groups in total. The largest absolute Gasteiger partial charge is 0.352 e. The van der Waals surface area contributed by atoms with Gasteiger partial charge in [0.25, 0.3) is 0 Å². The van der Waals surface area contributed by atoms with Crippen molar-refractivity contribution in [3.8, 4) is 0 Å². The molecule has 0 radical (unpaired) electrons. The molecule has 0 bridgehead atoms. The molecule has 1 unspecified atom stereocenters. The molecule has 4 rings (SSSR count). The first-order valence-corrected chi connectivity index (χ1v) is 9.15. The highest BCUT2D eigenvalue weighted by atomic mass is 127. The number of aryl methyl sites for hydroxylation is 1. The first-order valence-electron chi connectivity index (χ1n) is 9.15. The number of aliphatic imine (C=N–C) groups is 1. The van der Waals surface area contributed by atoms with E-state index >= 15 is 0 Å². The van der Waals surface area contributed by atoms with Gasteiger partial charge in [-0.1, -0.05) is 42.5 Å². The number of hydrogen-bond donors (Lipinski definition) is 1. The van der Waals surface area contributed by atoms with Crippen LogP contribution in [0.2, 0.25) is 0 Å². The molecule has 142 valence electrons. The zero-order valence-electron chi connectivity index (χ0n) is 15.8. The molecule has 2 aromatic carbocycles. The van der Waals surface area contributed by atoms with E-state index in [2.05, 4.69) is 69.0 Å². The predicted molar refractivity (Wildman–Crippen MR) is 122 cm³/mol. The molecule has 0 spiro atoms. The number of aromatic nitrogens is 2. The molecule has 1 aliphatic heterocycles. The van der Waals surface area contributed by atoms with E-state index < -0.39 is 0 Å². The lowest BCUT2D eigenvalue weighted by atomic mass is 10.0. The average molecular weight is 475 g/mol. The molecule has 3 aromatic rings. The molecular weight excluding hydrogens is 449 g/mol. The van der Waals surface area contributed by atoms with Crippen molar-refractivity contribution in [2.75, 3.05) is 20.1 Å². The van der Waals surface area contributed by atoms with Crippen molar-refractivity contribution in [3.63, 3.8) is 0 Å². The number of nitrogens with one attached hydrogen (secondary N) is 1. The minimum absolute atomic E-state index is 0. The number of benzene rings is 2. The first kappa shape index (κ1) is 19.7. The standard InChI is InChI=1S/C21H25N5.HI/c1-22-21(26-11-10-18(15-26)19-13-24-25(2)14-19)23-12-17-8-5-7-16-6-3-4-9-20(16)17;/h3-9,13-14,18H,10-12,15H2,1-2H3,(H,22,23);1H. The molecular formula is C21H26IN5. The summed E-state index contributed by atoms with van der Waals surface area (Å²) in [5, 5.41) is 10.4. The van der Waals surface area contributed by atoms with E-state index in [-0.39, 0.29) is 24.0 Å². The van der Waals surface area contributed by atoms with Crippen LogP contribution in [-0.2, 0) is 13.6 Å². The summed E-state index contributed by atoms with van der Waals surface area (Å²) in [4.78, 5) is 6.86. The lowest BCUT2D eigenvalue weighted by Gasteiger charge is -2.22. The van der Waals surface area contributed by atoms with E-state index in [0.717, 1.165) is 32.0 Å². The van der Waals surface area contributed by atoms with Crippen molar-refractivity contribution in [3.05, 3.63) is 66.0 Å². The number of hydrogen-bond acceptors (Lipinski definition) is 2. The Morgan fingerprint density at radius 1 is 1.22 bits per heavy atom. The van der Waals surface area contributed by atoms with Gasteiger partial charge in [0.2, 0.25) is 0 Å². The zero-order chi connectivity index (χ0) is 17.9. The predicted octanol–water partition coefficient (Wildman–Crippen LogP) is 3.76. The molecule has 1 aliphatic rings. The van der Waals surface area contributed by atoms with Crippen LogP contribution in [0.25, 0.3) is 10.8 Å². The molecule has 27 heavy (non-hydrogen) atoms. The van der Waals surface area contributed by atoms with Crippen LogP contribution in [0.1, 0.15) is 23.5 Å². The quantitative estimate of drug-likeness (QED) is 0.357. The van der Waals surface area contributed by atoms with E-state index in [1.54, 1.807) is 0 Å². The Morgan fingerprint density at radius 2 is 2.04 bits per heavy atom. The van der Waals surface area contributed by atoms with Crippen molar-refractivity contribution >= 4 is 40.7 Å². The summed E-state index contributed by atoms with van der Waals surface area (Å²) in [6.45, 7) is 2.79. The van der Waals surface area contributed by atoms with Gasteiger partial charge < -0.3 is 10.2 Å². The van der Waals surface area contributed by atoms with E-state index in [1.807, 2.05) is 25.0 Å². The Labute approximate surface area is 177 Å². The number of likely N-dealkylation sites (tertiary alicyclic amines) is 1. The summed E-state index contributed by atoms with van der Waals surface area (Å²) < 4.78 is 1.88. The van der Waals surface area contributed by atoms with Crippen LogP contribution < -0.4 is 5.32 Å². The maximum absolute atomic E-state index is 4.51. The maximum atomic E-state index is 4.51. The summed E-state index contributed by atoms with van der Waals surface area (Å²) in [5.41, 5.74) is 2.62. The monoisotopic (exact) mass is 475 g/mol. The Morgan fingerprint density at radius 3 is 2.81 bits per heavy atom. The topological polar surface area (TPSA) is 45.5 Å². The maximum Gasteiger partial charge on any atom is 0.193 e. The van der Waals surface area contributed by atoms with E-state index in [4.69, 9.17) is 0 Å². The van der Waals surface area contributed by atoms with Crippen LogP contribution in [-0.4, -0.2) is 40.8 Å². The van der Waals surface area contributed by atoms with Gasteiger partial charge in [-0.2, -0.15) is 5.10 Å². The lowest BCUT2D eigenvalue weighted by Crippen LogP contribution is -2.39. The Bertz CT molecular complexity index is 928. The van der Waals surface area contributed by atoms with E-state index in [0.29, 0.717) is 5.92 Å². The van der Waals surface area contributed by atoms with Crippen LogP contribution in [0.15, 0.2) is 59.9 Å². The van der Waals surface area contributed by atoms with Crippen molar-refractivity contribution in [1.29, 1.82) is 0 Å². The third-order valence-electron chi connectivity index (χ3n) is 5.21. The highest BCUT2D eigenvalue weighted by molar-refractivity contribution is 14.0. The SMILES string of the molecule is CN=C(NCc1cccc2ccccc12)N1CCC(c2cnn(C)c2)C1.I. The van der Waals surface area contributed by atoms with Crippen LogP contribution in [0.3, 0.4) is 0 Å². The molecule has 5 nitrogen and oxygen atoms in total. The third-order valence-corrected chi connectivity index (χ3v) is 5.21. The molecule has 6 heteroatoms. The molecule has 0 amide bonds. The second-order valence-electron chi connectivity index (χ2n) is 6.92. The van der Waals surface area contributed by atoms with Crippen molar-refractivity contribution < 1.29 is 0 Å². The molecule has 2 heterocycles. The summed E-state index contributed by atoms with van der Waals surface area (Å²) in [5.74, 6) is 1.50. The van der Waals surface area contributed by atoms with Gasteiger partial charge in [0.1, 0.15) is 0 Å². The number of rotatable bonds is 3. The second-order valence-corrected chi connectivity index (χ2v) is 6.92. The average Bonchev–Trinajstić information content (AvgIpc) is 3.32. The minimum Gasteiger partial charge on any atom is -0.352 e. The number of nitrogens with zero attached hydrogens (tertiary/aromatic N) is 4. The molecule has 1 fully saturated rings. The van der Waals surface area contributed by atoms with Gasteiger partial charge in [-0.05, 0) is 28.3 Å². The molecule has 1 atom stereocenters. The van der Waals surface area contributed by atoms with Crippen LogP contribution >= 0.6 is 24.0 Å². The van der Waals surface area contributed by atoms with Gasteiger partial charge in [-0.25, -0.2) is 0 Å².